The molecule has 0 spiro atoms. The van der Waals surface area contributed by atoms with Gasteiger partial charge in [-0.1, -0.05) is 0 Å². The summed E-state index contributed by atoms with van der Waals surface area (Å²) in [7, 11) is 4.91. The van der Waals surface area contributed by atoms with Crippen molar-refractivity contribution in [1.29, 1.82) is 0 Å². The maximum Gasteiger partial charge on any atom is 0.419 e. The fourth-order valence-electron chi connectivity index (χ4n) is 1.84. The Morgan fingerprint density at radius 3 is 2.89 bits per heavy atom. The number of hydrogen-bond acceptors (Lipinski definition) is 5. The van der Waals surface area contributed by atoms with Crippen molar-refractivity contribution in [3.63, 3.8) is 0 Å². The molecule has 0 aliphatic carbocycles. The summed E-state index contributed by atoms with van der Waals surface area (Å²) >= 11 is 0. The molecule has 1 aromatic carbocycles. The molecule has 0 amide bonds. The van der Waals surface area contributed by atoms with Gasteiger partial charge in [-0.2, -0.15) is 0 Å². The van der Waals surface area contributed by atoms with Crippen LogP contribution < -0.4 is 10.7 Å². The second-order valence-corrected chi connectivity index (χ2v) is 4.33. The highest BCUT2D eigenvalue weighted by Crippen LogP contribution is 2.20. The van der Waals surface area contributed by atoms with Crippen LogP contribution in [0, 0.1) is 0 Å². The fourth-order valence-corrected chi connectivity index (χ4v) is 1.84. The first kappa shape index (κ1) is 13.2. The Hall–Kier alpha value is -2.24. The highest BCUT2D eigenvalue weighted by atomic mass is 16.5. The predicted octanol–water partition coefficient (Wildman–Crippen LogP) is 1.13. The minimum absolute atomic E-state index is 0.247. The Balaban J connectivity index is 2.22. The van der Waals surface area contributed by atoms with Gasteiger partial charge in [0.15, 0.2) is 5.58 Å². The molecule has 2 rings (SSSR count). The zero-order valence-corrected chi connectivity index (χ0v) is 11.2. The number of benzene rings is 1. The van der Waals surface area contributed by atoms with Crippen LogP contribution in [0.4, 0.5) is 5.69 Å². The third-order valence-electron chi connectivity index (χ3n) is 3.09. The molecule has 0 aliphatic heterocycles. The number of ether oxygens (including phenoxy) is 1. The molecule has 0 fully saturated rings. The normalized spacial score (nSPS) is 10.7. The molecule has 2 aromatic rings. The first-order chi connectivity index (χ1) is 9.02. The quantitative estimate of drug-likeness (QED) is 0.774. The van der Waals surface area contributed by atoms with Crippen molar-refractivity contribution < 1.29 is 13.9 Å². The van der Waals surface area contributed by atoms with Gasteiger partial charge in [-0.3, -0.25) is 9.36 Å². The predicted molar refractivity (Wildman–Crippen MR) is 71.4 cm³/mol. The molecule has 0 saturated carbocycles. The molecule has 6 nitrogen and oxygen atoms in total. The first-order valence-electron chi connectivity index (χ1n) is 5.90. The van der Waals surface area contributed by atoms with Gasteiger partial charge in [-0.15, -0.1) is 0 Å². The largest absolute Gasteiger partial charge is 0.469 e. The van der Waals surface area contributed by atoms with Crippen molar-refractivity contribution in [2.45, 2.75) is 6.42 Å². The zero-order chi connectivity index (χ0) is 14.0. The summed E-state index contributed by atoms with van der Waals surface area (Å²) in [4.78, 5) is 24.4. The van der Waals surface area contributed by atoms with E-state index in [1.54, 1.807) is 13.1 Å². The standard InChI is InChI=1S/C13H16N2O4/c1-14(7-6-12(16)18-3)9-4-5-11-10(8-9)15(2)13(17)19-11/h4-5,8H,6-7H2,1-3H3. The van der Waals surface area contributed by atoms with Gasteiger partial charge in [0.1, 0.15) is 0 Å². The van der Waals surface area contributed by atoms with Gasteiger partial charge in [-0.25, -0.2) is 4.79 Å². The molecule has 0 radical (unpaired) electrons. The molecular formula is C13H16N2O4. The molecule has 0 atom stereocenters. The van der Waals surface area contributed by atoms with Crippen LogP contribution in [0.5, 0.6) is 0 Å². The number of anilines is 1. The van der Waals surface area contributed by atoms with E-state index in [0.717, 1.165) is 11.2 Å². The van der Waals surface area contributed by atoms with Crippen LogP contribution in [0.3, 0.4) is 0 Å². The maximum atomic E-state index is 11.4. The van der Waals surface area contributed by atoms with E-state index in [-0.39, 0.29) is 11.7 Å². The van der Waals surface area contributed by atoms with Crippen molar-refractivity contribution in [2.75, 3.05) is 25.6 Å². The highest BCUT2D eigenvalue weighted by Gasteiger charge is 2.10. The third kappa shape index (κ3) is 2.62. The molecule has 0 bridgehead atoms. The van der Waals surface area contributed by atoms with Crippen LogP contribution in [-0.2, 0) is 16.6 Å². The summed E-state index contributed by atoms with van der Waals surface area (Å²) in [6, 6.07) is 5.46. The Morgan fingerprint density at radius 2 is 2.21 bits per heavy atom. The minimum atomic E-state index is -0.385. The molecule has 0 aliphatic rings. The van der Waals surface area contributed by atoms with Gasteiger partial charge in [0.05, 0.1) is 19.0 Å². The summed E-state index contributed by atoms with van der Waals surface area (Å²) in [6.07, 6.45) is 0.315. The van der Waals surface area contributed by atoms with Gasteiger partial charge < -0.3 is 14.1 Å². The number of fused-ring (bicyclic) bond motifs is 1. The average molecular weight is 264 g/mol. The lowest BCUT2D eigenvalue weighted by molar-refractivity contribution is -0.140. The smallest absolute Gasteiger partial charge is 0.419 e. The van der Waals surface area contributed by atoms with E-state index in [2.05, 4.69) is 4.74 Å². The number of carbonyl (C=O) groups excluding carboxylic acids is 1. The topological polar surface area (TPSA) is 64.7 Å². The Kier molecular flexibility index (Phi) is 3.59. The van der Waals surface area contributed by atoms with Gasteiger partial charge in [0.2, 0.25) is 0 Å². The number of aryl methyl sites for hydroxylation is 1. The molecule has 0 saturated heterocycles. The Bertz CT molecular complexity index is 656. The maximum absolute atomic E-state index is 11.4. The molecule has 6 heteroatoms. The minimum Gasteiger partial charge on any atom is -0.469 e. The first-order valence-corrected chi connectivity index (χ1v) is 5.90. The lowest BCUT2D eigenvalue weighted by atomic mass is 10.2. The van der Waals surface area contributed by atoms with E-state index in [1.165, 1.54) is 11.7 Å². The van der Waals surface area contributed by atoms with Crippen LogP contribution >= 0.6 is 0 Å². The van der Waals surface area contributed by atoms with Crippen molar-refractivity contribution in [1.82, 2.24) is 4.57 Å². The number of carbonyl (C=O) groups is 1. The molecule has 1 aromatic heterocycles. The van der Waals surface area contributed by atoms with Gasteiger partial charge in [0.25, 0.3) is 0 Å². The lowest BCUT2D eigenvalue weighted by Crippen LogP contribution is -2.21. The van der Waals surface area contributed by atoms with E-state index in [9.17, 15) is 9.59 Å². The van der Waals surface area contributed by atoms with Crippen LogP contribution in [-0.4, -0.2) is 31.2 Å². The zero-order valence-electron chi connectivity index (χ0n) is 11.2. The van der Waals surface area contributed by atoms with E-state index in [1.807, 2.05) is 24.1 Å². The average Bonchev–Trinajstić information content (AvgIpc) is 2.70. The second kappa shape index (κ2) is 5.17. The summed E-state index contributed by atoms with van der Waals surface area (Å²) < 4.78 is 11.1. The van der Waals surface area contributed by atoms with Crippen LogP contribution in [0.25, 0.3) is 11.1 Å². The van der Waals surface area contributed by atoms with Crippen molar-refractivity contribution in [2.24, 2.45) is 7.05 Å². The molecule has 102 valence electrons. The van der Waals surface area contributed by atoms with E-state index in [0.29, 0.717) is 18.5 Å². The number of aromatic nitrogens is 1. The summed E-state index contributed by atoms with van der Waals surface area (Å²) in [5.41, 5.74) is 2.19. The molecule has 19 heavy (non-hydrogen) atoms. The van der Waals surface area contributed by atoms with E-state index >= 15 is 0 Å². The van der Waals surface area contributed by atoms with Crippen LogP contribution in [0.1, 0.15) is 6.42 Å². The summed E-state index contributed by atoms with van der Waals surface area (Å²) in [5, 5.41) is 0. The number of methoxy groups -OCH3 is 1. The number of esters is 1. The van der Waals surface area contributed by atoms with Gasteiger partial charge in [-0.05, 0) is 18.2 Å². The Labute approximate surface area is 110 Å². The number of hydrogen-bond donors (Lipinski definition) is 0. The third-order valence-corrected chi connectivity index (χ3v) is 3.09. The van der Waals surface area contributed by atoms with Gasteiger partial charge >= 0.3 is 11.7 Å². The van der Waals surface area contributed by atoms with Crippen molar-refractivity contribution >= 4 is 22.8 Å². The Morgan fingerprint density at radius 1 is 1.47 bits per heavy atom. The fraction of sp³-hybridized carbons (Fsp3) is 0.385. The highest BCUT2D eigenvalue weighted by molar-refractivity contribution is 5.78. The molecule has 0 N–H and O–H groups in total. The van der Waals surface area contributed by atoms with E-state index < -0.39 is 0 Å². The van der Waals surface area contributed by atoms with Crippen LogP contribution in [0.15, 0.2) is 27.4 Å². The summed E-state index contributed by atoms with van der Waals surface area (Å²) in [5.74, 6) is -0.631. The monoisotopic (exact) mass is 264 g/mol. The van der Waals surface area contributed by atoms with Gasteiger partial charge in [0, 0.05) is 26.3 Å². The summed E-state index contributed by atoms with van der Waals surface area (Å²) in [6.45, 7) is 0.546. The van der Waals surface area contributed by atoms with Crippen molar-refractivity contribution in [3.05, 3.63) is 28.7 Å². The molecule has 0 unspecified atom stereocenters. The van der Waals surface area contributed by atoms with Crippen LogP contribution in [0.2, 0.25) is 0 Å². The van der Waals surface area contributed by atoms with Crippen molar-refractivity contribution in [3.8, 4) is 0 Å². The molecule has 1 heterocycles. The number of nitrogens with zero attached hydrogens (tertiary/aromatic N) is 2. The second-order valence-electron chi connectivity index (χ2n) is 4.33. The number of rotatable bonds is 4. The molecular weight excluding hydrogens is 248 g/mol. The number of oxazole rings is 1. The SMILES string of the molecule is COC(=O)CCN(C)c1ccc2oc(=O)n(C)c2c1. The van der Waals surface area contributed by atoms with E-state index in [4.69, 9.17) is 4.42 Å². The lowest BCUT2D eigenvalue weighted by Gasteiger charge is -2.18.